The van der Waals surface area contributed by atoms with Gasteiger partial charge in [0.2, 0.25) is 0 Å². The molecule has 2 aromatic rings. The minimum absolute atomic E-state index is 0.0719. The fourth-order valence-electron chi connectivity index (χ4n) is 4.19. The summed E-state index contributed by atoms with van der Waals surface area (Å²) in [5.74, 6) is 0.801. The molecule has 2 aliphatic rings. The summed E-state index contributed by atoms with van der Waals surface area (Å²) in [6, 6.07) is 15.0. The first-order chi connectivity index (χ1) is 12.9. The molecule has 1 aliphatic carbocycles. The predicted molar refractivity (Wildman–Crippen MR) is 104 cm³/mol. The first-order valence-corrected chi connectivity index (χ1v) is 10.6. The van der Waals surface area contributed by atoms with Crippen molar-refractivity contribution in [3.05, 3.63) is 60.2 Å². The van der Waals surface area contributed by atoms with Crippen LogP contribution in [-0.2, 0) is 10.0 Å². The molecule has 142 valence electrons. The van der Waals surface area contributed by atoms with Crippen molar-refractivity contribution in [2.45, 2.75) is 23.8 Å². The van der Waals surface area contributed by atoms with E-state index in [1.807, 2.05) is 4.90 Å². The highest BCUT2D eigenvalue weighted by atomic mass is 32.2. The number of rotatable bonds is 4. The van der Waals surface area contributed by atoms with Crippen molar-refractivity contribution in [2.24, 2.45) is 17.6 Å². The van der Waals surface area contributed by atoms with Gasteiger partial charge in [0.15, 0.2) is 0 Å². The van der Waals surface area contributed by atoms with Crippen molar-refractivity contribution >= 4 is 21.6 Å². The first-order valence-electron chi connectivity index (χ1n) is 9.17. The lowest BCUT2D eigenvalue weighted by atomic mass is 9.98. The number of sulfonamides is 1. The van der Waals surface area contributed by atoms with Gasteiger partial charge >= 0.3 is 0 Å². The molecule has 0 spiro atoms. The molecule has 0 radical (unpaired) electrons. The number of carbonyl (C=O) groups is 1. The minimum Gasteiger partial charge on any atom is -0.338 e. The van der Waals surface area contributed by atoms with Crippen molar-refractivity contribution in [3.8, 4) is 0 Å². The number of nitrogens with zero attached hydrogens (tertiary/aromatic N) is 1. The van der Waals surface area contributed by atoms with E-state index in [1.54, 1.807) is 42.5 Å². The van der Waals surface area contributed by atoms with Gasteiger partial charge < -0.3 is 10.6 Å². The predicted octanol–water partition coefficient (Wildman–Crippen LogP) is 2.30. The molecule has 0 bridgehead atoms. The number of amides is 1. The average Bonchev–Trinajstić information content (AvgIpc) is 3.24. The van der Waals surface area contributed by atoms with Crippen molar-refractivity contribution in [2.75, 3.05) is 17.8 Å². The van der Waals surface area contributed by atoms with Gasteiger partial charge in [-0.1, -0.05) is 24.3 Å². The Morgan fingerprint density at radius 3 is 2.56 bits per heavy atom. The lowest BCUT2D eigenvalue weighted by Crippen LogP contribution is -2.33. The van der Waals surface area contributed by atoms with Gasteiger partial charge in [0.1, 0.15) is 0 Å². The van der Waals surface area contributed by atoms with E-state index in [4.69, 9.17) is 5.73 Å². The van der Waals surface area contributed by atoms with E-state index in [0.29, 0.717) is 29.6 Å². The Labute approximate surface area is 159 Å². The normalized spacial score (nSPS) is 24.6. The summed E-state index contributed by atoms with van der Waals surface area (Å²) in [6.45, 7) is 1.42. The molecule has 3 unspecified atom stereocenters. The molecule has 1 aliphatic heterocycles. The highest BCUT2D eigenvalue weighted by molar-refractivity contribution is 7.92. The summed E-state index contributed by atoms with van der Waals surface area (Å²) in [5.41, 5.74) is 7.01. The van der Waals surface area contributed by atoms with Crippen LogP contribution in [0.2, 0.25) is 0 Å². The molecular weight excluding hydrogens is 362 g/mol. The molecule has 4 rings (SSSR count). The van der Waals surface area contributed by atoms with Crippen LogP contribution in [0.25, 0.3) is 0 Å². The van der Waals surface area contributed by atoms with Crippen LogP contribution in [-0.4, -0.2) is 38.4 Å². The Morgan fingerprint density at radius 2 is 1.81 bits per heavy atom. The number of fused-ring (bicyclic) bond motifs is 1. The molecule has 1 saturated heterocycles. The van der Waals surface area contributed by atoms with Gasteiger partial charge in [0.25, 0.3) is 15.9 Å². The first kappa shape index (κ1) is 18.0. The second kappa shape index (κ2) is 6.98. The smallest absolute Gasteiger partial charge is 0.261 e. The maximum atomic E-state index is 12.9. The van der Waals surface area contributed by atoms with Crippen LogP contribution >= 0.6 is 0 Å². The third-order valence-corrected chi connectivity index (χ3v) is 7.01. The molecular formula is C20H23N3O3S. The van der Waals surface area contributed by atoms with E-state index in [2.05, 4.69) is 4.72 Å². The molecule has 2 fully saturated rings. The van der Waals surface area contributed by atoms with Gasteiger partial charge in [-0.25, -0.2) is 8.42 Å². The molecule has 1 heterocycles. The molecule has 2 aromatic carbocycles. The minimum atomic E-state index is -3.69. The zero-order chi connectivity index (χ0) is 19.0. The number of carbonyl (C=O) groups excluding carboxylic acids is 1. The van der Waals surface area contributed by atoms with E-state index in [-0.39, 0.29) is 16.8 Å². The number of likely N-dealkylation sites (tertiary alicyclic amines) is 1. The second-order valence-electron chi connectivity index (χ2n) is 7.37. The van der Waals surface area contributed by atoms with E-state index < -0.39 is 10.0 Å². The molecule has 1 saturated carbocycles. The summed E-state index contributed by atoms with van der Waals surface area (Å²) in [6.07, 6.45) is 2.11. The number of hydrogen-bond donors (Lipinski definition) is 2. The summed E-state index contributed by atoms with van der Waals surface area (Å²) >= 11 is 0. The lowest BCUT2D eigenvalue weighted by molar-refractivity contribution is 0.0779. The maximum Gasteiger partial charge on any atom is 0.261 e. The number of hydrogen-bond acceptors (Lipinski definition) is 4. The van der Waals surface area contributed by atoms with Crippen LogP contribution in [0.3, 0.4) is 0 Å². The van der Waals surface area contributed by atoms with Crippen LogP contribution in [0, 0.1) is 11.8 Å². The second-order valence-corrected chi connectivity index (χ2v) is 9.06. The third-order valence-electron chi connectivity index (χ3n) is 5.61. The Kier molecular flexibility index (Phi) is 4.65. The van der Waals surface area contributed by atoms with Crippen LogP contribution in [0.15, 0.2) is 59.5 Å². The molecule has 0 aromatic heterocycles. The quantitative estimate of drug-likeness (QED) is 0.845. The Balaban J connectivity index is 1.50. The fourth-order valence-corrected chi connectivity index (χ4v) is 5.26. The van der Waals surface area contributed by atoms with Crippen molar-refractivity contribution in [1.29, 1.82) is 0 Å². The standard InChI is InChI=1S/C20H23N3O3S/c21-19-10-9-15-12-23(13-18(15)19)20(24)14-5-4-6-16(11-14)22-27(25,26)17-7-2-1-3-8-17/h1-8,11,15,18-19,22H,9-10,12-13,21H2. The maximum absolute atomic E-state index is 12.9. The lowest BCUT2D eigenvalue weighted by Gasteiger charge is -2.19. The summed E-state index contributed by atoms with van der Waals surface area (Å²) in [4.78, 5) is 14.9. The van der Waals surface area contributed by atoms with E-state index in [1.165, 1.54) is 12.1 Å². The Bertz CT molecular complexity index is 946. The van der Waals surface area contributed by atoms with Crippen LogP contribution < -0.4 is 10.5 Å². The summed E-state index contributed by atoms with van der Waals surface area (Å²) in [5, 5.41) is 0. The largest absolute Gasteiger partial charge is 0.338 e. The van der Waals surface area contributed by atoms with Crippen molar-refractivity contribution < 1.29 is 13.2 Å². The van der Waals surface area contributed by atoms with Gasteiger partial charge in [0.05, 0.1) is 4.90 Å². The van der Waals surface area contributed by atoms with Crippen molar-refractivity contribution in [1.82, 2.24) is 4.90 Å². The molecule has 6 nitrogen and oxygen atoms in total. The highest BCUT2D eigenvalue weighted by Gasteiger charge is 2.42. The van der Waals surface area contributed by atoms with E-state index in [0.717, 1.165) is 19.4 Å². The van der Waals surface area contributed by atoms with Gasteiger partial charge in [-0.3, -0.25) is 9.52 Å². The van der Waals surface area contributed by atoms with Crippen LogP contribution in [0.5, 0.6) is 0 Å². The zero-order valence-corrected chi connectivity index (χ0v) is 15.7. The molecule has 27 heavy (non-hydrogen) atoms. The van der Waals surface area contributed by atoms with Crippen LogP contribution in [0.4, 0.5) is 5.69 Å². The van der Waals surface area contributed by atoms with E-state index >= 15 is 0 Å². The van der Waals surface area contributed by atoms with E-state index in [9.17, 15) is 13.2 Å². The number of benzene rings is 2. The molecule has 7 heteroatoms. The average molecular weight is 385 g/mol. The highest BCUT2D eigenvalue weighted by Crippen LogP contribution is 2.37. The number of nitrogens with two attached hydrogens (primary N) is 1. The molecule has 1 amide bonds. The third kappa shape index (κ3) is 3.57. The zero-order valence-electron chi connectivity index (χ0n) is 14.9. The van der Waals surface area contributed by atoms with Gasteiger partial charge in [0, 0.05) is 30.4 Å². The summed E-state index contributed by atoms with van der Waals surface area (Å²) in [7, 11) is -3.69. The molecule has 3 N–H and O–H groups in total. The van der Waals surface area contributed by atoms with Gasteiger partial charge in [-0.15, -0.1) is 0 Å². The topological polar surface area (TPSA) is 92.5 Å². The summed E-state index contributed by atoms with van der Waals surface area (Å²) < 4.78 is 27.5. The number of anilines is 1. The van der Waals surface area contributed by atoms with Crippen LogP contribution in [0.1, 0.15) is 23.2 Å². The Hall–Kier alpha value is -2.38. The van der Waals surface area contributed by atoms with Gasteiger partial charge in [-0.2, -0.15) is 0 Å². The monoisotopic (exact) mass is 385 g/mol. The van der Waals surface area contributed by atoms with Crippen molar-refractivity contribution in [3.63, 3.8) is 0 Å². The Morgan fingerprint density at radius 1 is 1.04 bits per heavy atom. The fraction of sp³-hybridized carbons (Fsp3) is 0.350. The number of nitrogens with one attached hydrogen (secondary N) is 1. The SMILES string of the molecule is NC1CCC2CN(C(=O)c3cccc(NS(=O)(=O)c4ccccc4)c3)CC12. The van der Waals surface area contributed by atoms with Gasteiger partial charge in [-0.05, 0) is 55.0 Å². The molecule has 3 atom stereocenters.